The number of primary amides is 3. The molecule has 1 aromatic rings. The van der Waals surface area contributed by atoms with Crippen molar-refractivity contribution in [1.82, 2.24) is 73.6 Å². The predicted octanol–water partition coefficient (Wildman–Crippen LogP) is -9.95. The van der Waals surface area contributed by atoms with Crippen LogP contribution in [0.5, 0.6) is 0 Å². The van der Waals surface area contributed by atoms with E-state index in [2.05, 4.69) is 63.8 Å². The quantitative estimate of drug-likeness (QED) is 0.0318. The molecule has 4 aliphatic heterocycles. The summed E-state index contributed by atoms with van der Waals surface area (Å²) in [4.78, 5) is 269. The lowest BCUT2D eigenvalue weighted by Crippen LogP contribution is -2.61. The summed E-state index contributed by atoms with van der Waals surface area (Å²) in [6.45, 7) is -3.64. The number of rotatable bonds is 30. The lowest BCUT2D eigenvalue weighted by molar-refractivity contribution is -0.144. The second-order valence-electron chi connectivity index (χ2n) is 24.9. The first-order valence-corrected chi connectivity index (χ1v) is 35.9. The van der Waals surface area contributed by atoms with E-state index in [1.807, 2.05) is 0 Å². The number of nitrogens with zero attached hydrogens (tertiary/aromatic N) is 2. The molecule has 0 spiro atoms. The first-order valence-electron chi connectivity index (χ1n) is 33.4. The lowest BCUT2D eigenvalue weighted by atomic mass is 10.0. The average molecular weight is 1530 g/mol. The zero-order chi connectivity index (χ0) is 78.5. The van der Waals surface area contributed by atoms with Gasteiger partial charge in [-0.25, -0.2) is 4.79 Å². The van der Waals surface area contributed by atoms with E-state index in [-0.39, 0.29) is 58.0 Å². The van der Waals surface area contributed by atoms with E-state index in [0.717, 1.165) is 9.80 Å². The Hall–Kier alpha value is -10.8. The highest BCUT2D eigenvalue weighted by Gasteiger charge is 2.43. The van der Waals surface area contributed by atoms with Gasteiger partial charge in [-0.15, -0.1) is 0 Å². The van der Waals surface area contributed by atoms with Crippen molar-refractivity contribution in [3.63, 3.8) is 0 Å². The van der Waals surface area contributed by atoms with Gasteiger partial charge in [-0.05, 0) is 63.4 Å². The van der Waals surface area contributed by atoms with E-state index < -0.39 is 286 Å². The topological polar surface area (TPSA) is 671 Å². The number of nitrogens with one attached hydrogen (secondary N) is 12. The molecule has 0 unspecified atom stereocenters. The second-order valence-corrected chi connectivity index (χ2v) is 27.5. The molecule has 17 amide bonds. The summed E-state index contributed by atoms with van der Waals surface area (Å²) in [7, 11) is 1.29. The average Bonchev–Trinajstić information content (AvgIpc) is 1.65. The molecule has 4 aliphatic rings. The summed E-state index contributed by atoms with van der Waals surface area (Å²) >= 11 is 0. The molecule has 0 saturated carbocycles. The Kier molecular flexibility index (Phi) is 34.2. The zero-order valence-electron chi connectivity index (χ0n) is 57.0. The van der Waals surface area contributed by atoms with Crippen LogP contribution in [0, 0.1) is 0 Å². The van der Waals surface area contributed by atoms with Crippen LogP contribution in [0.15, 0.2) is 30.3 Å². The van der Waals surface area contributed by atoms with Gasteiger partial charge >= 0.3 is 17.9 Å². The summed E-state index contributed by atoms with van der Waals surface area (Å²) in [6.07, 6.45) is -6.38. The molecular weight excluding hydrogens is 1450 g/mol. The molecule has 0 aliphatic carbocycles. The van der Waals surface area contributed by atoms with Crippen molar-refractivity contribution in [3.8, 4) is 0 Å². The van der Waals surface area contributed by atoms with Gasteiger partial charge in [0.05, 0.1) is 26.2 Å². The van der Waals surface area contributed by atoms with Gasteiger partial charge in [0, 0.05) is 63.1 Å². The Morgan fingerprint density at radius 2 is 1.12 bits per heavy atom. The lowest BCUT2D eigenvalue weighted by Gasteiger charge is -2.30. The zero-order valence-corrected chi connectivity index (χ0v) is 58.6. The number of hydrogen-bond donors (Lipinski definition) is 20. The molecule has 4 saturated heterocycles. The highest BCUT2D eigenvalue weighted by molar-refractivity contribution is 8.76. The number of benzene rings is 1. The van der Waals surface area contributed by atoms with E-state index in [0.29, 0.717) is 27.2 Å². The Labute approximate surface area is 611 Å². The molecule has 44 heteroatoms. The normalized spacial score (nSPS) is 23.5. The molecule has 0 bridgehead atoms. The maximum Gasteiger partial charge on any atom is 0.327 e. The maximum absolute atomic E-state index is 14.5. The van der Waals surface area contributed by atoms with Crippen LogP contribution in [-0.2, 0) is 102 Å². The highest BCUT2D eigenvalue weighted by Crippen LogP contribution is 2.26. The van der Waals surface area contributed by atoms with Crippen LogP contribution < -0.4 is 81.0 Å². The van der Waals surface area contributed by atoms with Gasteiger partial charge < -0.3 is 116 Å². The van der Waals surface area contributed by atoms with Crippen LogP contribution in [0.1, 0.15) is 102 Å². The van der Waals surface area contributed by atoms with Gasteiger partial charge in [-0.1, -0.05) is 51.9 Å². The Morgan fingerprint density at radius 1 is 0.538 bits per heavy atom. The maximum atomic E-state index is 14.5. The fourth-order valence-corrected chi connectivity index (χ4v) is 13.7. The third-order valence-corrected chi connectivity index (χ3v) is 19.4. The van der Waals surface area contributed by atoms with E-state index in [1.54, 1.807) is 30.3 Å². The van der Waals surface area contributed by atoms with Crippen LogP contribution in [0.2, 0.25) is 0 Å². The number of likely N-dealkylation sites (tertiary alicyclic amines) is 1. The van der Waals surface area contributed by atoms with Crippen molar-refractivity contribution in [1.29, 1.82) is 0 Å². The number of carboxylic acid groups (broad SMARTS) is 3. The summed E-state index contributed by atoms with van der Waals surface area (Å²) in [5, 5.41) is 77.9. The van der Waals surface area contributed by atoms with Gasteiger partial charge in [-0.2, -0.15) is 0 Å². The number of nitrogens with two attached hydrogens (primary N) is 3. The minimum absolute atomic E-state index is 0.0515. The minimum Gasteiger partial charge on any atom is -0.481 e. The van der Waals surface area contributed by atoms with E-state index in [1.165, 1.54) is 0 Å². The number of carbonyl (C=O) groups excluding carboxylic acids is 17. The molecule has 23 N–H and O–H groups in total. The molecule has 42 nitrogen and oxygen atoms in total. The number of aliphatic hydroxyl groups is 2. The van der Waals surface area contributed by atoms with Gasteiger partial charge in [0.15, 0.2) is 0 Å². The first-order chi connectivity index (χ1) is 50.2. The summed E-state index contributed by atoms with van der Waals surface area (Å²) < 4.78 is 0. The number of fused-ring (bicyclic) bond motifs is 1. The number of amides is 17. The number of carboxylic acids is 3. The first kappa shape index (κ1) is 85.9. The second kappa shape index (κ2) is 42.3. The van der Waals surface area contributed by atoms with Crippen molar-refractivity contribution < 1.29 is 121 Å². The van der Waals surface area contributed by atoms with Gasteiger partial charge in [0.2, 0.25) is 100 Å². The van der Waals surface area contributed by atoms with Crippen LogP contribution in [-0.4, -0.2) is 277 Å². The van der Waals surface area contributed by atoms with E-state index >= 15 is 0 Å². The number of hydrogen-bond acceptors (Lipinski definition) is 24. The fraction of sp³-hybridized carbons (Fsp3) is 0.581. The fourth-order valence-electron chi connectivity index (χ4n) is 11.4. The monoisotopic (exact) mass is 1530 g/mol. The number of aliphatic carboxylic acids is 3. The molecule has 1 aromatic carbocycles. The molecular formula is C62H87N17O25S2. The van der Waals surface area contributed by atoms with Gasteiger partial charge in [-0.3, -0.25) is 91.1 Å². The van der Waals surface area contributed by atoms with Crippen molar-refractivity contribution in [2.45, 2.75) is 181 Å². The summed E-state index contributed by atoms with van der Waals surface area (Å²) in [6, 6.07) is -13.8. The number of aliphatic hydroxyl groups excluding tert-OH is 2. The molecule has 582 valence electrons. The predicted molar refractivity (Wildman–Crippen MR) is 364 cm³/mol. The van der Waals surface area contributed by atoms with Crippen LogP contribution in [0.25, 0.3) is 0 Å². The minimum atomic E-state index is -2.13. The summed E-state index contributed by atoms with van der Waals surface area (Å²) in [5.74, 6) is -24.5. The number of carbonyl (C=O) groups is 20. The Morgan fingerprint density at radius 3 is 1.74 bits per heavy atom. The SMILES string of the molecule is NC(=O)CC[C@@H]1NC(=O)[C@@H](NC(=O)[C@H](CC(N)=O)NC(=O)[C@H](CCC(=O)O)NC(=O)[C@@H]2CCCN2C(=O)[C@H](CO)NC(=O)[C@H](Cc2ccccc2)NC(=O)[C@@H]2CCC(=O)N2)CSSC[C@@H](C(=O)O)NC(=O)[C@@H]2CCCN2C(=O)[C@H](CCC(N)=O)NC(=O)[C@H](CO)NC(=O)[C@H](CCC(=O)O)NC(=O)CNC1=O. The standard InChI is InChI=1S/C62H87N17O25S2/c63-43(82)15-10-30-50(91)66-24-47(86)68-32(13-18-48(87)88)52(93)74-37(25-80)56(97)71-34(11-16-44(64)83)60(101)78-20-4-9-42(78)59(100)77-40(62(103)104)28-106-105-27-39(57(98)69-30)76-55(96)36(23-45(65)84)73-53(94)33(14-19-49(89)90)70-58(99)41-8-5-21-79(41)61(102)38(26-81)75-54(95)35(22-29-6-2-1-3-7-29)72-51(92)31-12-17-46(85)67-31/h1-3,6-7,30-42,80-81H,4-5,8-28H2,(H2,63,82)(H2,64,83)(H2,65,84)(H,66,91)(H,67,85)(H,68,86)(H,69,98)(H,70,99)(H,71,97)(H,72,92)(H,73,94)(H,74,93)(H,75,95)(H,76,96)(H,77,100)(H,87,88)(H,89,90)(H,103,104)/t30-,31-,32-,33-,34-,35-,36-,37-,38-,39-,40-,41-,42-/m0/s1. The van der Waals surface area contributed by atoms with Crippen molar-refractivity contribution >= 4 is 140 Å². The van der Waals surface area contributed by atoms with Crippen molar-refractivity contribution in [2.24, 2.45) is 17.2 Å². The van der Waals surface area contributed by atoms with Crippen molar-refractivity contribution in [3.05, 3.63) is 35.9 Å². The molecule has 0 radical (unpaired) electrons. The smallest absolute Gasteiger partial charge is 0.327 e. The molecule has 4 fully saturated rings. The molecule has 4 heterocycles. The van der Waals surface area contributed by atoms with Crippen molar-refractivity contribution in [2.75, 3.05) is 44.4 Å². The largest absolute Gasteiger partial charge is 0.481 e. The molecule has 0 aromatic heterocycles. The highest BCUT2D eigenvalue weighted by atomic mass is 33.1. The summed E-state index contributed by atoms with van der Waals surface area (Å²) in [5.41, 5.74) is 16.8. The van der Waals surface area contributed by atoms with Crippen LogP contribution in [0.4, 0.5) is 0 Å². The van der Waals surface area contributed by atoms with E-state index in [4.69, 9.17) is 17.2 Å². The molecule has 13 atom stereocenters. The third kappa shape index (κ3) is 27.4. The Bertz CT molecular complexity index is 3490. The van der Waals surface area contributed by atoms with E-state index in [9.17, 15) is 121 Å². The Balaban J connectivity index is 1.43. The van der Waals surface area contributed by atoms with Gasteiger partial charge in [0.1, 0.15) is 78.5 Å². The molecule has 5 rings (SSSR count). The third-order valence-electron chi connectivity index (χ3n) is 17.0. The van der Waals surface area contributed by atoms with Crippen LogP contribution in [0.3, 0.4) is 0 Å². The molecule has 106 heavy (non-hydrogen) atoms. The van der Waals surface area contributed by atoms with Crippen LogP contribution >= 0.6 is 21.6 Å². The van der Waals surface area contributed by atoms with Gasteiger partial charge in [0.25, 0.3) is 0 Å².